The molecule has 0 aliphatic heterocycles. The van der Waals surface area contributed by atoms with Gasteiger partial charge in [0.2, 0.25) is 5.95 Å². The fourth-order valence-electron chi connectivity index (χ4n) is 10.2. The molecule has 0 unspecified atom stereocenters. The van der Waals surface area contributed by atoms with Crippen molar-refractivity contribution < 1.29 is 0 Å². The summed E-state index contributed by atoms with van der Waals surface area (Å²) < 4.78 is 7.19. The third-order valence-corrected chi connectivity index (χ3v) is 13.9. The van der Waals surface area contributed by atoms with Crippen LogP contribution in [-0.2, 0) is 5.41 Å². The van der Waals surface area contributed by atoms with Gasteiger partial charge in [0, 0.05) is 48.0 Å². The molecule has 0 N–H and O–H groups in total. The fourth-order valence-corrected chi connectivity index (χ4v) is 11.4. The number of hydrogen-bond acceptors (Lipinski definition) is 3. The highest BCUT2D eigenvalue weighted by Gasteiger charge is 2.39. The first-order valence-electron chi connectivity index (χ1n) is 19.9. The Hall–Kier alpha value is -7.08. The first-order chi connectivity index (χ1) is 28.6. The topological polar surface area (TPSA) is 35.6 Å². The molecule has 0 radical (unpaired) electrons. The summed E-state index contributed by atoms with van der Waals surface area (Å²) in [4.78, 5) is 11.3. The van der Waals surface area contributed by atoms with E-state index in [1.54, 1.807) is 11.3 Å². The lowest BCUT2D eigenvalue weighted by molar-refractivity contribution is 0.663. The van der Waals surface area contributed by atoms with Crippen molar-refractivity contribution in [2.24, 2.45) is 0 Å². The van der Waals surface area contributed by atoms with E-state index in [4.69, 9.17) is 9.97 Å². The zero-order chi connectivity index (χ0) is 38.3. The van der Waals surface area contributed by atoms with Crippen LogP contribution in [0.1, 0.15) is 25.0 Å². The number of aromatic nitrogens is 4. The summed E-state index contributed by atoms with van der Waals surface area (Å²) in [6, 6.07) is 61.9. The predicted molar refractivity (Wildman–Crippen MR) is 244 cm³/mol. The summed E-state index contributed by atoms with van der Waals surface area (Å²) >= 11 is 1.77. The van der Waals surface area contributed by atoms with Crippen molar-refractivity contribution in [1.29, 1.82) is 0 Å². The van der Waals surface area contributed by atoms with Gasteiger partial charge in [-0.3, -0.25) is 4.57 Å². The SMILES string of the molecule is CC1(C)c2ccccc2-c2ccc3c4c5ccccc5c(-n5c6ccccc6c6ccccc65)cc4n(-c4nc(-c5ccccc5)c5sc6ccccc6c5n4)c3c21. The van der Waals surface area contributed by atoms with Crippen molar-refractivity contribution in [1.82, 2.24) is 19.1 Å². The Morgan fingerprint density at radius 1 is 0.500 bits per heavy atom. The molecule has 272 valence electrons. The molecule has 13 rings (SSSR count). The van der Waals surface area contributed by atoms with Crippen LogP contribution in [0.2, 0.25) is 0 Å². The highest BCUT2D eigenvalue weighted by Crippen LogP contribution is 2.54. The number of para-hydroxylation sites is 2. The minimum atomic E-state index is -0.273. The van der Waals surface area contributed by atoms with Crippen LogP contribution in [0.25, 0.3) is 109 Å². The molecule has 0 fully saturated rings. The highest BCUT2D eigenvalue weighted by molar-refractivity contribution is 7.26. The molecule has 4 aromatic heterocycles. The van der Waals surface area contributed by atoms with Crippen LogP contribution in [0, 0.1) is 0 Å². The van der Waals surface area contributed by atoms with Crippen LogP contribution >= 0.6 is 11.3 Å². The Balaban J connectivity index is 1.26. The van der Waals surface area contributed by atoms with Crippen molar-refractivity contribution >= 4 is 86.0 Å². The third-order valence-electron chi connectivity index (χ3n) is 12.7. The van der Waals surface area contributed by atoms with Gasteiger partial charge in [0.1, 0.15) is 0 Å². The van der Waals surface area contributed by atoms with Gasteiger partial charge in [0.05, 0.1) is 43.7 Å². The van der Waals surface area contributed by atoms with Crippen molar-refractivity contribution in [2.75, 3.05) is 0 Å². The number of hydrogen-bond donors (Lipinski definition) is 0. The predicted octanol–water partition coefficient (Wildman–Crippen LogP) is 14.2. The first kappa shape index (κ1) is 32.1. The van der Waals surface area contributed by atoms with E-state index in [9.17, 15) is 0 Å². The molecule has 58 heavy (non-hydrogen) atoms. The Morgan fingerprint density at radius 2 is 1.14 bits per heavy atom. The summed E-state index contributed by atoms with van der Waals surface area (Å²) in [5, 5.41) is 8.47. The average Bonchev–Trinajstić information content (AvgIpc) is 3.98. The van der Waals surface area contributed by atoms with Crippen molar-refractivity contribution in [2.45, 2.75) is 19.3 Å². The molecule has 1 aliphatic carbocycles. The molecule has 1 aliphatic rings. The Labute approximate surface area is 337 Å². The molecule has 0 bridgehead atoms. The molecule has 0 amide bonds. The maximum Gasteiger partial charge on any atom is 0.235 e. The van der Waals surface area contributed by atoms with Crippen molar-refractivity contribution in [3.8, 4) is 34.0 Å². The number of thiophene rings is 1. The molecule has 4 nitrogen and oxygen atoms in total. The second kappa shape index (κ2) is 11.5. The molecular weight excluding hydrogens is 725 g/mol. The van der Waals surface area contributed by atoms with Gasteiger partial charge in [-0.25, -0.2) is 9.97 Å². The molecule has 0 saturated heterocycles. The van der Waals surface area contributed by atoms with Gasteiger partial charge in [-0.15, -0.1) is 11.3 Å². The second-order valence-electron chi connectivity index (χ2n) is 16.1. The largest absolute Gasteiger partial charge is 0.309 e. The van der Waals surface area contributed by atoms with E-state index in [-0.39, 0.29) is 5.41 Å². The van der Waals surface area contributed by atoms with Gasteiger partial charge in [-0.1, -0.05) is 159 Å². The van der Waals surface area contributed by atoms with Gasteiger partial charge in [0.25, 0.3) is 0 Å². The summed E-state index contributed by atoms with van der Waals surface area (Å²) in [6.45, 7) is 4.76. The third kappa shape index (κ3) is 4.13. The van der Waals surface area contributed by atoms with Crippen LogP contribution in [0.15, 0.2) is 170 Å². The van der Waals surface area contributed by atoms with Gasteiger partial charge < -0.3 is 4.57 Å². The quantitative estimate of drug-likeness (QED) is 0.180. The zero-order valence-corrected chi connectivity index (χ0v) is 32.7. The summed E-state index contributed by atoms with van der Waals surface area (Å²) in [7, 11) is 0. The second-order valence-corrected chi connectivity index (χ2v) is 17.2. The number of benzene rings is 8. The van der Waals surface area contributed by atoms with Gasteiger partial charge in [-0.2, -0.15) is 0 Å². The highest BCUT2D eigenvalue weighted by atomic mass is 32.1. The molecule has 0 atom stereocenters. The van der Waals surface area contributed by atoms with E-state index in [0.717, 1.165) is 43.6 Å². The molecule has 8 aromatic carbocycles. The number of rotatable bonds is 3. The van der Waals surface area contributed by atoms with Gasteiger partial charge in [-0.05, 0) is 51.9 Å². The van der Waals surface area contributed by atoms with E-state index >= 15 is 0 Å². The number of nitrogens with zero attached hydrogens (tertiary/aromatic N) is 4. The summed E-state index contributed by atoms with van der Waals surface area (Å²) in [6.07, 6.45) is 0. The maximum atomic E-state index is 5.66. The molecular formula is C53H34N4S. The van der Waals surface area contributed by atoms with Crippen LogP contribution in [0.3, 0.4) is 0 Å². The van der Waals surface area contributed by atoms with Crippen molar-refractivity contribution in [3.05, 3.63) is 181 Å². The molecule has 4 heterocycles. The van der Waals surface area contributed by atoms with E-state index in [2.05, 4.69) is 193 Å². The molecule has 12 aromatic rings. The smallest absolute Gasteiger partial charge is 0.235 e. The standard InChI is InChI=1S/C53H34N4S/c1-53(2)40-24-12-8-18-32(40)37-28-29-39-46-36-22-7-6-21-35(36)43(56-41-25-13-9-19-33(41)34-20-10-14-26-42(34)56)30-44(46)57(50(39)47(37)53)52-54-48(31-16-4-3-5-17-31)51-49(55-52)38-23-11-15-27-45(38)58-51/h3-30H,1-2H3. The van der Waals surface area contributed by atoms with Crippen molar-refractivity contribution in [3.63, 3.8) is 0 Å². The van der Waals surface area contributed by atoms with Gasteiger partial charge >= 0.3 is 0 Å². The average molecular weight is 759 g/mol. The minimum Gasteiger partial charge on any atom is -0.309 e. The minimum absolute atomic E-state index is 0.273. The van der Waals surface area contributed by atoms with E-state index in [0.29, 0.717) is 5.95 Å². The summed E-state index contributed by atoms with van der Waals surface area (Å²) in [5.41, 5.74) is 13.7. The molecule has 0 saturated carbocycles. The van der Waals surface area contributed by atoms with Gasteiger partial charge in [0.15, 0.2) is 0 Å². The van der Waals surface area contributed by atoms with E-state index in [1.807, 2.05) is 0 Å². The molecule has 5 heteroatoms. The lowest BCUT2D eigenvalue weighted by Crippen LogP contribution is -2.17. The summed E-state index contributed by atoms with van der Waals surface area (Å²) in [5.74, 6) is 0.679. The first-order valence-corrected chi connectivity index (χ1v) is 20.7. The van der Waals surface area contributed by atoms with Crippen LogP contribution < -0.4 is 0 Å². The normalized spacial score (nSPS) is 13.5. The monoisotopic (exact) mass is 758 g/mol. The van der Waals surface area contributed by atoms with Crippen LogP contribution in [0.4, 0.5) is 0 Å². The Kier molecular flexibility index (Phi) is 6.36. The lowest BCUT2D eigenvalue weighted by Gasteiger charge is -2.23. The number of fused-ring (bicyclic) bond motifs is 15. The maximum absolute atomic E-state index is 5.66. The zero-order valence-electron chi connectivity index (χ0n) is 31.9. The molecule has 0 spiro atoms. The van der Waals surface area contributed by atoms with Crippen LogP contribution in [0.5, 0.6) is 0 Å². The Morgan fingerprint density at radius 3 is 1.91 bits per heavy atom. The Bertz CT molecular complexity index is 3660. The van der Waals surface area contributed by atoms with E-state index < -0.39 is 0 Å². The van der Waals surface area contributed by atoms with Crippen LogP contribution in [-0.4, -0.2) is 19.1 Å². The van der Waals surface area contributed by atoms with E-state index in [1.165, 1.54) is 70.3 Å². The fraction of sp³-hybridized carbons (Fsp3) is 0.0566. The lowest BCUT2D eigenvalue weighted by atomic mass is 9.81.